The van der Waals surface area contributed by atoms with Crippen molar-refractivity contribution in [1.29, 1.82) is 0 Å². The van der Waals surface area contributed by atoms with Crippen molar-refractivity contribution in [2.75, 3.05) is 29.9 Å². The molecule has 0 saturated carbocycles. The van der Waals surface area contributed by atoms with Crippen LogP contribution in [0, 0.1) is 5.82 Å². The molecule has 0 unspecified atom stereocenters. The molecular formula is C23H24ClFN6O2. The summed E-state index contributed by atoms with van der Waals surface area (Å²) in [6.07, 6.45) is 6.07. The van der Waals surface area contributed by atoms with Crippen molar-refractivity contribution in [1.82, 2.24) is 20.3 Å². The summed E-state index contributed by atoms with van der Waals surface area (Å²) in [6, 6.07) is 5.88. The lowest BCUT2D eigenvalue weighted by molar-refractivity contribution is 0.0924. The zero-order chi connectivity index (χ0) is 23.4. The van der Waals surface area contributed by atoms with E-state index < -0.39 is 11.9 Å². The second kappa shape index (κ2) is 10.1. The molecule has 3 N–H and O–H groups in total. The van der Waals surface area contributed by atoms with Crippen LogP contribution in [-0.2, 0) is 0 Å². The van der Waals surface area contributed by atoms with Crippen LogP contribution < -0.4 is 15.5 Å². The van der Waals surface area contributed by atoms with Gasteiger partial charge in [-0.3, -0.25) is 9.78 Å². The second-order valence-corrected chi connectivity index (χ2v) is 8.29. The Bertz CT molecular complexity index is 1150. The highest BCUT2D eigenvalue weighted by molar-refractivity contribution is 6.30. The lowest BCUT2D eigenvalue weighted by atomic mass is 10.2. The fourth-order valence-electron chi connectivity index (χ4n) is 3.60. The average molecular weight is 471 g/mol. The van der Waals surface area contributed by atoms with Gasteiger partial charge in [-0.2, -0.15) is 0 Å². The number of pyridine rings is 1. The first-order valence-corrected chi connectivity index (χ1v) is 11.0. The smallest absolute Gasteiger partial charge is 0.255 e. The summed E-state index contributed by atoms with van der Waals surface area (Å²) in [5.74, 6) is -0.252. The van der Waals surface area contributed by atoms with Crippen LogP contribution in [0.3, 0.4) is 0 Å². The molecule has 10 heteroatoms. The molecule has 1 amide bonds. The lowest BCUT2D eigenvalue weighted by Gasteiger charge is -2.22. The number of carbonyl (C=O) groups excluding carboxylic acids is 1. The number of nitrogens with one attached hydrogen (secondary N) is 2. The first-order valence-electron chi connectivity index (χ1n) is 10.7. The highest BCUT2D eigenvalue weighted by atomic mass is 35.5. The molecule has 0 radical (unpaired) electrons. The van der Waals surface area contributed by atoms with Crippen LogP contribution in [0.5, 0.6) is 0 Å². The molecule has 0 bridgehead atoms. The van der Waals surface area contributed by atoms with Gasteiger partial charge in [-0.1, -0.05) is 11.6 Å². The maximum absolute atomic E-state index is 14.5. The van der Waals surface area contributed by atoms with Crippen LogP contribution in [0.15, 0.2) is 42.9 Å². The van der Waals surface area contributed by atoms with Gasteiger partial charge in [0.15, 0.2) is 11.6 Å². The first kappa shape index (κ1) is 22.9. The largest absolute Gasteiger partial charge is 0.392 e. The summed E-state index contributed by atoms with van der Waals surface area (Å²) in [6.45, 7) is 3.39. The van der Waals surface area contributed by atoms with Crippen LogP contribution in [0.4, 0.5) is 21.6 Å². The third-order valence-electron chi connectivity index (χ3n) is 5.26. The van der Waals surface area contributed by atoms with Gasteiger partial charge < -0.3 is 20.6 Å². The SMILES string of the molecule is C[C@H](O)CNC(=O)c1cnccc1Nc1nc(-c2cc(Cl)ccc2F)ncc1N1CCCC1. The van der Waals surface area contributed by atoms with Crippen molar-refractivity contribution in [3.05, 3.63) is 59.3 Å². The minimum absolute atomic E-state index is 0.109. The van der Waals surface area contributed by atoms with E-state index in [1.165, 1.54) is 24.4 Å². The van der Waals surface area contributed by atoms with E-state index in [2.05, 4.69) is 30.5 Å². The summed E-state index contributed by atoms with van der Waals surface area (Å²) in [4.78, 5) is 27.9. The Morgan fingerprint density at radius 2 is 2.06 bits per heavy atom. The molecule has 3 aromatic rings. The Morgan fingerprint density at radius 1 is 1.27 bits per heavy atom. The third kappa shape index (κ3) is 5.37. The number of amides is 1. The number of anilines is 3. The topological polar surface area (TPSA) is 103 Å². The van der Waals surface area contributed by atoms with E-state index >= 15 is 0 Å². The van der Waals surface area contributed by atoms with Crippen molar-refractivity contribution in [2.24, 2.45) is 0 Å². The number of aliphatic hydroxyl groups is 1. The van der Waals surface area contributed by atoms with Crippen LogP contribution in [0.1, 0.15) is 30.1 Å². The van der Waals surface area contributed by atoms with Gasteiger partial charge in [0, 0.05) is 37.1 Å². The van der Waals surface area contributed by atoms with E-state index in [0.717, 1.165) is 31.6 Å². The predicted octanol–water partition coefficient (Wildman–Crippen LogP) is 3.79. The van der Waals surface area contributed by atoms with Gasteiger partial charge in [-0.15, -0.1) is 0 Å². The van der Waals surface area contributed by atoms with Crippen LogP contribution in [0.2, 0.25) is 5.02 Å². The maximum atomic E-state index is 14.5. The summed E-state index contributed by atoms with van der Waals surface area (Å²) in [5.41, 5.74) is 1.71. The highest BCUT2D eigenvalue weighted by Crippen LogP contribution is 2.33. The Kier molecular flexibility index (Phi) is 7.00. The van der Waals surface area contributed by atoms with Crippen LogP contribution in [0.25, 0.3) is 11.4 Å². The van der Waals surface area contributed by atoms with Crippen LogP contribution >= 0.6 is 11.6 Å². The molecule has 33 heavy (non-hydrogen) atoms. The number of halogens is 2. The Morgan fingerprint density at radius 3 is 2.82 bits per heavy atom. The molecule has 2 aromatic heterocycles. The molecule has 3 heterocycles. The fourth-order valence-corrected chi connectivity index (χ4v) is 3.78. The molecule has 1 saturated heterocycles. The summed E-state index contributed by atoms with van der Waals surface area (Å²) in [7, 11) is 0. The number of hydrogen-bond donors (Lipinski definition) is 3. The fraction of sp³-hybridized carbons (Fsp3) is 0.304. The summed E-state index contributed by atoms with van der Waals surface area (Å²) >= 11 is 6.06. The number of aliphatic hydroxyl groups excluding tert-OH is 1. The molecule has 1 atom stereocenters. The molecule has 1 aromatic carbocycles. The number of nitrogens with zero attached hydrogens (tertiary/aromatic N) is 4. The molecule has 1 aliphatic heterocycles. The van der Waals surface area contributed by atoms with E-state index in [1.54, 1.807) is 25.4 Å². The van der Waals surface area contributed by atoms with Crippen LogP contribution in [-0.4, -0.2) is 51.7 Å². The van der Waals surface area contributed by atoms with Gasteiger partial charge in [0.25, 0.3) is 5.91 Å². The zero-order valence-electron chi connectivity index (χ0n) is 18.1. The van der Waals surface area contributed by atoms with Gasteiger partial charge >= 0.3 is 0 Å². The van der Waals surface area contributed by atoms with Crippen molar-refractivity contribution in [2.45, 2.75) is 25.9 Å². The monoisotopic (exact) mass is 470 g/mol. The number of hydrogen-bond acceptors (Lipinski definition) is 7. The third-order valence-corrected chi connectivity index (χ3v) is 5.50. The number of rotatable bonds is 7. The minimum atomic E-state index is -0.680. The summed E-state index contributed by atoms with van der Waals surface area (Å²) < 4.78 is 14.5. The van der Waals surface area contributed by atoms with Crippen molar-refractivity contribution in [3.63, 3.8) is 0 Å². The number of carbonyl (C=O) groups is 1. The quantitative estimate of drug-likeness (QED) is 0.482. The van der Waals surface area contributed by atoms with Gasteiger partial charge in [0.05, 0.1) is 34.8 Å². The first-order chi connectivity index (χ1) is 15.9. The normalized spacial score (nSPS) is 14.2. The zero-order valence-corrected chi connectivity index (χ0v) is 18.8. The molecule has 172 valence electrons. The van der Waals surface area contributed by atoms with E-state index in [1.807, 2.05) is 0 Å². The molecular weight excluding hydrogens is 447 g/mol. The molecule has 1 aliphatic rings. The van der Waals surface area contributed by atoms with Crippen molar-refractivity contribution in [3.8, 4) is 11.4 Å². The number of benzene rings is 1. The van der Waals surface area contributed by atoms with Gasteiger partial charge in [-0.05, 0) is 44.0 Å². The van der Waals surface area contributed by atoms with E-state index in [0.29, 0.717) is 22.1 Å². The summed E-state index contributed by atoms with van der Waals surface area (Å²) in [5, 5.41) is 15.7. The lowest BCUT2D eigenvalue weighted by Crippen LogP contribution is -2.31. The van der Waals surface area contributed by atoms with E-state index in [4.69, 9.17) is 11.6 Å². The Labute approximate surface area is 195 Å². The highest BCUT2D eigenvalue weighted by Gasteiger charge is 2.21. The molecule has 4 rings (SSSR count). The molecule has 8 nitrogen and oxygen atoms in total. The second-order valence-electron chi connectivity index (χ2n) is 7.85. The Hall–Kier alpha value is -3.30. The average Bonchev–Trinajstić information content (AvgIpc) is 3.34. The molecule has 1 fully saturated rings. The maximum Gasteiger partial charge on any atom is 0.255 e. The Balaban J connectivity index is 1.73. The van der Waals surface area contributed by atoms with E-state index in [-0.39, 0.29) is 23.8 Å². The molecule has 0 aliphatic carbocycles. The van der Waals surface area contributed by atoms with Crippen molar-refractivity contribution < 1.29 is 14.3 Å². The molecule has 0 spiro atoms. The van der Waals surface area contributed by atoms with Gasteiger partial charge in [-0.25, -0.2) is 14.4 Å². The van der Waals surface area contributed by atoms with Gasteiger partial charge in [0.1, 0.15) is 5.82 Å². The standard InChI is InChI=1S/C23H24ClFN6O2/c1-14(32)11-28-23(33)17-12-26-7-6-19(17)29-22-20(31-8-2-3-9-31)13-27-21(30-22)16-10-15(24)4-5-18(16)25/h4-7,10,12-14,32H,2-3,8-9,11H2,1H3,(H,28,33)(H,26,27,29,30)/t14-/m0/s1. The predicted molar refractivity (Wildman–Crippen MR) is 125 cm³/mol. The van der Waals surface area contributed by atoms with Gasteiger partial charge in [0.2, 0.25) is 0 Å². The van der Waals surface area contributed by atoms with E-state index in [9.17, 15) is 14.3 Å². The minimum Gasteiger partial charge on any atom is -0.392 e. The number of aromatic nitrogens is 3. The van der Waals surface area contributed by atoms with Crippen molar-refractivity contribution >= 4 is 34.7 Å².